The summed E-state index contributed by atoms with van der Waals surface area (Å²) in [5.41, 5.74) is 6.81. The average molecular weight is 403 g/mol. The minimum atomic E-state index is -0.494. The summed E-state index contributed by atoms with van der Waals surface area (Å²) in [5.74, 6) is 0.0824. The Labute approximate surface area is 167 Å². The molecule has 0 unspecified atom stereocenters. The molecule has 8 heteroatoms. The fraction of sp³-hybridized carbons (Fsp3) is 0.200. The first kappa shape index (κ1) is 19.9. The third kappa shape index (κ3) is 5.55. The van der Waals surface area contributed by atoms with Gasteiger partial charge in [0, 0.05) is 6.42 Å². The van der Waals surface area contributed by atoms with Crippen LogP contribution in [0.15, 0.2) is 54.7 Å². The number of nitrogen functional groups attached to an aromatic ring is 1. The number of nitrogens with two attached hydrogens (primary N) is 1. The molecule has 0 atom stereocenters. The number of hydrogen-bond acceptors (Lipinski definition) is 6. The van der Waals surface area contributed by atoms with Crippen molar-refractivity contribution in [3.05, 3.63) is 71.1 Å². The lowest BCUT2D eigenvalue weighted by atomic mass is 10.2. The third-order valence-corrected chi connectivity index (χ3v) is 4.06. The Bertz CT molecular complexity index is 912. The molecule has 0 aliphatic heterocycles. The molecule has 6 nitrogen and oxygen atoms in total. The van der Waals surface area contributed by atoms with Crippen molar-refractivity contribution in [2.45, 2.75) is 13.0 Å². The Morgan fingerprint density at radius 1 is 1.07 bits per heavy atom. The molecular weight excluding hydrogens is 383 g/mol. The summed E-state index contributed by atoms with van der Waals surface area (Å²) in [4.78, 5) is 7.76. The van der Waals surface area contributed by atoms with E-state index in [1.165, 1.54) is 12.3 Å². The van der Waals surface area contributed by atoms with Gasteiger partial charge in [0.2, 0.25) is 5.95 Å². The van der Waals surface area contributed by atoms with E-state index in [-0.39, 0.29) is 22.5 Å². The number of hydrogen-bond donors (Lipinski definition) is 2. The van der Waals surface area contributed by atoms with Gasteiger partial charge in [-0.3, -0.25) is 0 Å². The summed E-state index contributed by atoms with van der Waals surface area (Å²) in [5, 5.41) is 3.05. The zero-order chi connectivity index (χ0) is 19.8. The van der Waals surface area contributed by atoms with Crippen LogP contribution in [0.25, 0.3) is 0 Å². The lowest BCUT2D eigenvalue weighted by molar-refractivity contribution is 0.107. The minimum absolute atomic E-state index is 0.0290. The van der Waals surface area contributed by atoms with Crippen molar-refractivity contribution in [3.63, 3.8) is 0 Å². The Balaban J connectivity index is 1.54. The van der Waals surface area contributed by atoms with E-state index in [0.717, 1.165) is 5.56 Å². The first-order valence-electron chi connectivity index (χ1n) is 8.71. The maximum atomic E-state index is 14.3. The number of ether oxygens (including phenoxy) is 2. The van der Waals surface area contributed by atoms with E-state index in [9.17, 15) is 4.39 Å². The highest BCUT2D eigenvalue weighted by Gasteiger charge is 2.13. The summed E-state index contributed by atoms with van der Waals surface area (Å²) in [7, 11) is 0. The second-order valence-corrected chi connectivity index (χ2v) is 6.31. The second kappa shape index (κ2) is 9.87. The standard InChI is InChI=1S/C20H20ClFN4O2/c21-15-12-24-20(23)26-19(15)25-18-16(22)8-4-9-17(18)28-11-5-10-27-13-14-6-2-1-3-7-14/h1-4,6-9,12H,5,10-11,13H2,(H3,23,24,25,26). The van der Waals surface area contributed by atoms with Crippen LogP contribution in [0, 0.1) is 5.82 Å². The zero-order valence-electron chi connectivity index (χ0n) is 15.1. The quantitative estimate of drug-likeness (QED) is 0.510. The lowest BCUT2D eigenvalue weighted by Crippen LogP contribution is -2.07. The highest BCUT2D eigenvalue weighted by Crippen LogP contribution is 2.32. The molecular formula is C20H20ClFN4O2. The van der Waals surface area contributed by atoms with Crippen LogP contribution < -0.4 is 15.8 Å². The number of halogens is 2. The van der Waals surface area contributed by atoms with Gasteiger partial charge in [-0.2, -0.15) is 4.98 Å². The van der Waals surface area contributed by atoms with Crippen molar-refractivity contribution >= 4 is 29.1 Å². The van der Waals surface area contributed by atoms with Gasteiger partial charge in [-0.15, -0.1) is 0 Å². The van der Waals surface area contributed by atoms with Crippen molar-refractivity contribution in [2.75, 3.05) is 24.3 Å². The van der Waals surface area contributed by atoms with E-state index < -0.39 is 5.82 Å². The highest BCUT2D eigenvalue weighted by atomic mass is 35.5. The van der Waals surface area contributed by atoms with Crippen LogP contribution in [-0.4, -0.2) is 23.2 Å². The van der Waals surface area contributed by atoms with E-state index in [1.807, 2.05) is 30.3 Å². The van der Waals surface area contributed by atoms with Gasteiger partial charge in [0.25, 0.3) is 0 Å². The Kier molecular flexibility index (Phi) is 7.00. The molecule has 146 valence electrons. The van der Waals surface area contributed by atoms with Gasteiger partial charge in [-0.25, -0.2) is 9.37 Å². The van der Waals surface area contributed by atoms with Gasteiger partial charge in [0.05, 0.1) is 26.0 Å². The van der Waals surface area contributed by atoms with Crippen LogP contribution in [0.4, 0.5) is 21.8 Å². The molecule has 28 heavy (non-hydrogen) atoms. The van der Waals surface area contributed by atoms with E-state index in [4.69, 9.17) is 26.8 Å². The molecule has 2 aromatic carbocycles. The predicted octanol–water partition coefficient (Wildman–Crippen LogP) is 4.58. The van der Waals surface area contributed by atoms with Gasteiger partial charge in [0.15, 0.2) is 11.6 Å². The number of nitrogens with one attached hydrogen (secondary N) is 1. The third-order valence-electron chi connectivity index (χ3n) is 3.78. The minimum Gasteiger partial charge on any atom is -0.491 e. The number of aromatic nitrogens is 2. The fourth-order valence-electron chi connectivity index (χ4n) is 2.44. The van der Waals surface area contributed by atoms with E-state index in [2.05, 4.69) is 15.3 Å². The number of benzene rings is 2. The van der Waals surface area contributed by atoms with Crippen molar-refractivity contribution < 1.29 is 13.9 Å². The maximum Gasteiger partial charge on any atom is 0.222 e. The first-order valence-corrected chi connectivity index (χ1v) is 9.09. The van der Waals surface area contributed by atoms with Crippen molar-refractivity contribution in [2.24, 2.45) is 0 Å². The SMILES string of the molecule is Nc1ncc(Cl)c(Nc2c(F)cccc2OCCCOCc2ccccc2)n1. The Hall–Kier alpha value is -2.90. The highest BCUT2D eigenvalue weighted by molar-refractivity contribution is 6.32. The number of nitrogens with zero attached hydrogens (tertiary/aromatic N) is 2. The van der Waals surface area contributed by atoms with E-state index in [0.29, 0.717) is 32.0 Å². The van der Waals surface area contributed by atoms with Crippen molar-refractivity contribution in [3.8, 4) is 5.75 Å². The molecule has 0 saturated heterocycles. The van der Waals surface area contributed by atoms with Gasteiger partial charge >= 0.3 is 0 Å². The summed E-state index contributed by atoms with van der Waals surface area (Å²) in [6.45, 7) is 1.44. The monoisotopic (exact) mass is 402 g/mol. The van der Waals surface area contributed by atoms with Crippen molar-refractivity contribution in [1.29, 1.82) is 0 Å². The molecule has 1 aromatic heterocycles. The topological polar surface area (TPSA) is 82.3 Å². The van der Waals surface area contributed by atoms with Gasteiger partial charge in [-0.1, -0.05) is 48.0 Å². The van der Waals surface area contributed by atoms with Crippen LogP contribution in [0.5, 0.6) is 5.75 Å². The molecule has 0 saturated carbocycles. The normalized spacial score (nSPS) is 10.6. The van der Waals surface area contributed by atoms with Crippen LogP contribution in [0.3, 0.4) is 0 Å². The molecule has 3 N–H and O–H groups in total. The second-order valence-electron chi connectivity index (χ2n) is 5.90. The number of para-hydroxylation sites is 1. The zero-order valence-corrected chi connectivity index (χ0v) is 15.8. The van der Waals surface area contributed by atoms with Gasteiger partial charge < -0.3 is 20.5 Å². The molecule has 3 rings (SSSR count). The maximum absolute atomic E-state index is 14.3. The molecule has 0 aliphatic carbocycles. The fourth-order valence-corrected chi connectivity index (χ4v) is 2.58. The molecule has 0 spiro atoms. The molecule has 0 bridgehead atoms. The summed E-state index contributed by atoms with van der Waals surface area (Å²) >= 11 is 6.04. The van der Waals surface area contributed by atoms with Crippen LogP contribution in [0.1, 0.15) is 12.0 Å². The Morgan fingerprint density at radius 3 is 2.71 bits per heavy atom. The van der Waals surface area contributed by atoms with Gasteiger partial charge in [-0.05, 0) is 17.7 Å². The Morgan fingerprint density at radius 2 is 1.89 bits per heavy atom. The number of rotatable bonds is 9. The van der Waals surface area contributed by atoms with Crippen LogP contribution >= 0.6 is 11.6 Å². The molecule has 0 radical (unpaired) electrons. The lowest BCUT2D eigenvalue weighted by Gasteiger charge is -2.14. The van der Waals surface area contributed by atoms with Gasteiger partial charge in [0.1, 0.15) is 16.5 Å². The van der Waals surface area contributed by atoms with E-state index in [1.54, 1.807) is 12.1 Å². The molecule has 0 amide bonds. The first-order chi connectivity index (χ1) is 13.6. The molecule has 3 aromatic rings. The molecule has 1 heterocycles. The molecule has 0 fully saturated rings. The number of anilines is 3. The molecule has 0 aliphatic rings. The van der Waals surface area contributed by atoms with E-state index >= 15 is 0 Å². The predicted molar refractivity (Wildman–Crippen MR) is 107 cm³/mol. The summed E-state index contributed by atoms with van der Waals surface area (Å²) < 4.78 is 25.6. The van der Waals surface area contributed by atoms with Crippen LogP contribution in [-0.2, 0) is 11.3 Å². The summed E-state index contributed by atoms with van der Waals surface area (Å²) in [6.07, 6.45) is 2.00. The van der Waals surface area contributed by atoms with Crippen LogP contribution in [0.2, 0.25) is 5.02 Å². The largest absolute Gasteiger partial charge is 0.491 e. The average Bonchev–Trinajstić information content (AvgIpc) is 2.70. The smallest absolute Gasteiger partial charge is 0.222 e. The van der Waals surface area contributed by atoms with Crippen molar-refractivity contribution in [1.82, 2.24) is 9.97 Å². The summed E-state index contributed by atoms with van der Waals surface area (Å²) in [6, 6.07) is 14.5.